The normalized spacial score (nSPS) is 17.4. The molecule has 1 N–H and O–H groups in total. The van der Waals surface area contributed by atoms with Crippen molar-refractivity contribution in [3.05, 3.63) is 23.9 Å². The number of aromatic nitrogens is 1. The van der Waals surface area contributed by atoms with Crippen molar-refractivity contribution in [3.63, 3.8) is 0 Å². The van der Waals surface area contributed by atoms with Crippen LogP contribution in [-0.2, 0) is 6.54 Å². The molecule has 0 aliphatic heterocycles. The molecule has 0 unspecified atom stereocenters. The van der Waals surface area contributed by atoms with Gasteiger partial charge in [-0.1, -0.05) is 25.8 Å². The smallest absolute Gasteiger partial charge is 0.213 e. The van der Waals surface area contributed by atoms with E-state index >= 15 is 0 Å². The Bertz CT molecular complexity index is 329. The van der Waals surface area contributed by atoms with E-state index in [4.69, 9.17) is 4.74 Å². The van der Waals surface area contributed by atoms with E-state index in [9.17, 15) is 0 Å². The van der Waals surface area contributed by atoms with Crippen molar-refractivity contribution in [1.29, 1.82) is 0 Å². The zero-order valence-corrected chi connectivity index (χ0v) is 11.3. The lowest BCUT2D eigenvalue weighted by atomic mass is 10.1. The predicted molar refractivity (Wildman–Crippen MR) is 73.7 cm³/mol. The van der Waals surface area contributed by atoms with Gasteiger partial charge in [0.25, 0.3) is 0 Å². The van der Waals surface area contributed by atoms with E-state index in [1.807, 2.05) is 12.3 Å². The lowest BCUT2D eigenvalue weighted by Gasteiger charge is -2.16. The van der Waals surface area contributed by atoms with E-state index in [-0.39, 0.29) is 0 Å². The van der Waals surface area contributed by atoms with Crippen LogP contribution in [0.15, 0.2) is 18.3 Å². The Morgan fingerprint density at radius 2 is 2.00 bits per heavy atom. The highest BCUT2D eigenvalue weighted by Crippen LogP contribution is 2.21. The van der Waals surface area contributed by atoms with Crippen molar-refractivity contribution in [2.24, 2.45) is 0 Å². The van der Waals surface area contributed by atoms with Gasteiger partial charge in [0.2, 0.25) is 5.88 Å². The molecule has 3 heteroatoms. The molecule has 1 saturated carbocycles. The van der Waals surface area contributed by atoms with Crippen LogP contribution in [0.3, 0.4) is 0 Å². The molecule has 1 heterocycles. The van der Waals surface area contributed by atoms with Crippen LogP contribution in [-0.4, -0.2) is 17.6 Å². The summed E-state index contributed by atoms with van der Waals surface area (Å²) in [5, 5.41) is 3.29. The maximum Gasteiger partial charge on any atom is 0.213 e. The first kappa shape index (κ1) is 13.3. The third-order valence-electron chi connectivity index (χ3n) is 3.47. The summed E-state index contributed by atoms with van der Waals surface area (Å²) >= 11 is 0. The van der Waals surface area contributed by atoms with E-state index in [0.29, 0.717) is 6.10 Å². The second-order valence-electron chi connectivity index (χ2n) is 5.02. The molecule has 0 aromatic carbocycles. The maximum atomic E-state index is 5.96. The van der Waals surface area contributed by atoms with Crippen molar-refractivity contribution < 1.29 is 4.74 Å². The van der Waals surface area contributed by atoms with Crippen LogP contribution in [0.2, 0.25) is 0 Å². The van der Waals surface area contributed by atoms with Crippen LogP contribution in [0.4, 0.5) is 0 Å². The molecular formula is C15H24N2O. The first-order valence-electron chi connectivity index (χ1n) is 7.21. The lowest BCUT2D eigenvalue weighted by Crippen LogP contribution is -2.16. The van der Waals surface area contributed by atoms with Gasteiger partial charge in [-0.2, -0.15) is 0 Å². The Hall–Kier alpha value is -1.09. The molecule has 0 bridgehead atoms. The second kappa shape index (κ2) is 7.37. The molecule has 1 aromatic rings. The third kappa shape index (κ3) is 4.30. The number of rotatable bonds is 5. The summed E-state index contributed by atoms with van der Waals surface area (Å²) in [5.74, 6) is 0.780. The van der Waals surface area contributed by atoms with Crippen LogP contribution in [0.5, 0.6) is 5.88 Å². The van der Waals surface area contributed by atoms with E-state index in [0.717, 1.165) is 19.0 Å². The Kier molecular flexibility index (Phi) is 5.46. The number of hydrogen-bond acceptors (Lipinski definition) is 3. The molecule has 1 aliphatic rings. The van der Waals surface area contributed by atoms with Gasteiger partial charge >= 0.3 is 0 Å². The second-order valence-corrected chi connectivity index (χ2v) is 5.02. The number of nitrogens with one attached hydrogen (secondary N) is 1. The number of ether oxygens (including phenoxy) is 1. The molecule has 0 radical (unpaired) electrons. The van der Waals surface area contributed by atoms with Gasteiger partial charge in [-0.25, -0.2) is 4.98 Å². The molecular weight excluding hydrogens is 224 g/mol. The van der Waals surface area contributed by atoms with Crippen LogP contribution < -0.4 is 10.1 Å². The molecule has 0 atom stereocenters. The molecule has 2 rings (SSSR count). The van der Waals surface area contributed by atoms with Crippen LogP contribution >= 0.6 is 0 Å². The molecule has 1 aliphatic carbocycles. The van der Waals surface area contributed by atoms with Crippen molar-refractivity contribution in [3.8, 4) is 5.88 Å². The van der Waals surface area contributed by atoms with Crippen LogP contribution in [0.1, 0.15) is 51.0 Å². The van der Waals surface area contributed by atoms with Gasteiger partial charge in [-0.3, -0.25) is 0 Å². The van der Waals surface area contributed by atoms with E-state index < -0.39 is 0 Å². The fraction of sp³-hybridized carbons (Fsp3) is 0.667. The zero-order valence-electron chi connectivity index (χ0n) is 11.3. The number of pyridine rings is 1. The van der Waals surface area contributed by atoms with Crippen LogP contribution in [0.25, 0.3) is 0 Å². The molecule has 0 spiro atoms. The summed E-state index contributed by atoms with van der Waals surface area (Å²) in [6, 6.07) is 4.10. The van der Waals surface area contributed by atoms with Gasteiger partial charge in [0.15, 0.2) is 0 Å². The van der Waals surface area contributed by atoms with Crippen molar-refractivity contribution in [1.82, 2.24) is 10.3 Å². The van der Waals surface area contributed by atoms with Gasteiger partial charge in [-0.05, 0) is 37.8 Å². The monoisotopic (exact) mass is 248 g/mol. The van der Waals surface area contributed by atoms with E-state index in [1.165, 1.54) is 44.1 Å². The average Bonchev–Trinajstić information content (AvgIpc) is 2.67. The molecule has 0 amide bonds. The SMILES string of the molecule is CCNCc1ccc(OC2CCCCCC2)nc1. The highest BCUT2D eigenvalue weighted by molar-refractivity contribution is 5.17. The van der Waals surface area contributed by atoms with E-state index in [1.54, 1.807) is 0 Å². The third-order valence-corrected chi connectivity index (χ3v) is 3.47. The Labute approximate surface area is 110 Å². The Morgan fingerprint density at radius 1 is 1.22 bits per heavy atom. The van der Waals surface area contributed by atoms with Gasteiger partial charge in [0, 0.05) is 18.8 Å². The molecule has 1 fully saturated rings. The quantitative estimate of drug-likeness (QED) is 0.812. The van der Waals surface area contributed by atoms with Gasteiger partial charge < -0.3 is 10.1 Å². The highest BCUT2D eigenvalue weighted by Gasteiger charge is 2.13. The van der Waals surface area contributed by atoms with Gasteiger partial charge in [0.05, 0.1) is 0 Å². The fourth-order valence-corrected chi connectivity index (χ4v) is 2.39. The summed E-state index contributed by atoms with van der Waals surface area (Å²) in [5.41, 5.74) is 1.21. The Balaban J connectivity index is 1.84. The van der Waals surface area contributed by atoms with Gasteiger partial charge in [0.1, 0.15) is 6.10 Å². The van der Waals surface area contributed by atoms with Crippen molar-refractivity contribution >= 4 is 0 Å². The molecule has 3 nitrogen and oxygen atoms in total. The maximum absolute atomic E-state index is 5.96. The summed E-state index contributed by atoms with van der Waals surface area (Å²) in [6.45, 7) is 3.98. The molecule has 18 heavy (non-hydrogen) atoms. The van der Waals surface area contributed by atoms with Crippen LogP contribution in [0, 0.1) is 0 Å². The highest BCUT2D eigenvalue weighted by atomic mass is 16.5. The number of nitrogens with zero attached hydrogens (tertiary/aromatic N) is 1. The van der Waals surface area contributed by atoms with E-state index in [2.05, 4.69) is 23.3 Å². The molecule has 100 valence electrons. The fourth-order valence-electron chi connectivity index (χ4n) is 2.39. The summed E-state index contributed by atoms with van der Waals surface area (Å²) in [6.07, 6.45) is 9.95. The molecule has 1 aromatic heterocycles. The minimum absolute atomic E-state index is 0.375. The predicted octanol–water partition coefficient (Wildman–Crippen LogP) is 3.29. The largest absolute Gasteiger partial charge is 0.474 e. The summed E-state index contributed by atoms with van der Waals surface area (Å²) in [7, 11) is 0. The molecule has 0 saturated heterocycles. The first-order valence-corrected chi connectivity index (χ1v) is 7.21. The topological polar surface area (TPSA) is 34.1 Å². The minimum Gasteiger partial charge on any atom is -0.474 e. The standard InChI is InChI=1S/C15H24N2O/c1-2-16-11-13-9-10-15(17-12-13)18-14-7-5-3-4-6-8-14/h9-10,12,14,16H,2-8,11H2,1H3. The van der Waals surface area contributed by atoms with Crippen molar-refractivity contribution in [2.45, 2.75) is 58.1 Å². The summed E-state index contributed by atoms with van der Waals surface area (Å²) < 4.78 is 5.96. The minimum atomic E-state index is 0.375. The van der Waals surface area contributed by atoms with Crippen molar-refractivity contribution in [2.75, 3.05) is 6.54 Å². The average molecular weight is 248 g/mol. The van der Waals surface area contributed by atoms with Gasteiger partial charge in [-0.15, -0.1) is 0 Å². The number of hydrogen-bond donors (Lipinski definition) is 1. The Morgan fingerprint density at radius 3 is 2.61 bits per heavy atom. The first-order chi connectivity index (χ1) is 8.88. The zero-order chi connectivity index (χ0) is 12.6. The lowest BCUT2D eigenvalue weighted by molar-refractivity contribution is 0.176. The summed E-state index contributed by atoms with van der Waals surface area (Å²) in [4.78, 5) is 4.39.